The van der Waals surface area contributed by atoms with E-state index in [0.717, 1.165) is 23.4 Å². The summed E-state index contributed by atoms with van der Waals surface area (Å²) in [6.07, 6.45) is 1.88. The molecular weight excluding hydrogens is 364 g/mol. The van der Waals surface area contributed by atoms with Crippen molar-refractivity contribution in [2.24, 2.45) is 0 Å². The molecule has 1 aliphatic rings. The molecular formula is C19H24N4O3S. The highest BCUT2D eigenvalue weighted by Crippen LogP contribution is 2.24. The summed E-state index contributed by atoms with van der Waals surface area (Å²) in [7, 11) is 0. The molecule has 0 saturated carbocycles. The van der Waals surface area contributed by atoms with Crippen molar-refractivity contribution >= 4 is 29.5 Å². The van der Waals surface area contributed by atoms with Crippen molar-refractivity contribution in [2.75, 3.05) is 11.9 Å². The number of aromatic nitrogens is 2. The van der Waals surface area contributed by atoms with Gasteiger partial charge in [-0.3, -0.25) is 15.0 Å². The van der Waals surface area contributed by atoms with Crippen LogP contribution in [0.25, 0.3) is 10.6 Å². The van der Waals surface area contributed by atoms with Crippen LogP contribution < -0.4 is 5.32 Å². The molecule has 1 saturated heterocycles. The second-order valence-electron chi connectivity index (χ2n) is 7.46. The van der Waals surface area contributed by atoms with Gasteiger partial charge >= 0.3 is 6.09 Å². The first-order valence-corrected chi connectivity index (χ1v) is 9.80. The van der Waals surface area contributed by atoms with Crippen LogP contribution in [0.2, 0.25) is 0 Å². The van der Waals surface area contributed by atoms with E-state index in [0.29, 0.717) is 13.0 Å². The molecule has 2 aromatic rings. The third kappa shape index (κ3) is 5.03. The second kappa shape index (κ2) is 8.04. The van der Waals surface area contributed by atoms with Crippen LogP contribution >= 0.6 is 11.5 Å². The van der Waals surface area contributed by atoms with Crippen LogP contribution in [0.5, 0.6) is 0 Å². The van der Waals surface area contributed by atoms with Gasteiger partial charge in [0.1, 0.15) is 16.7 Å². The minimum Gasteiger partial charge on any atom is -0.444 e. The van der Waals surface area contributed by atoms with Crippen LogP contribution in [0.1, 0.15) is 40.0 Å². The Kier molecular flexibility index (Phi) is 5.74. The third-order valence-electron chi connectivity index (χ3n) is 4.12. The third-order valence-corrected chi connectivity index (χ3v) is 4.88. The largest absolute Gasteiger partial charge is 0.444 e. The number of ether oxygens (including phenoxy) is 1. The van der Waals surface area contributed by atoms with Gasteiger partial charge in [0.25, 0.3) is 0 Å². The number of carbonyl (C=O) groups excluding carboxylic acids is 2. The maximum atomic E-state index is 12.8. The van der Waals surface area contributed by atoms with Gasteiger partial charge in [-0.2, -0.15) is 9.36 Å². The van der Waals surface area contributed by atoms with E-state index in [2.05, 4.69) is 14.7 Å². The number of amides is 2. The highest BCUT2D eigenvalue weighted by atomic mass is 32.1. The zero-order valence-corrected chi connectivity index (χ0v) is 16.6. The predicted octanol–water partition coefficient (Wildman–Crippen LogP) is 3.93. The van der Waals surface area contributed by atoms with Crippen LogP contribution in [0, 0.1) is 0 Å². The summed E-state index contributed by atoms with van der Waals surface area (Å²) in [5.41, 5.74) is 0.347. The van der Waals surface area contributed by atoms with Gasteiger partial charge in [-0.15, -0.1) is 0 Å². The van der Waals surface area contributed by atoms with Gasteiger partial charge in [-0.25, -0.2) is 4.79 Å². The summed E-state index contributed by atoms with van der Waals surface area (Å²) >= 11 is 1.23. The summed E-state index contributed by atoms with van der Waals surface area (Å²) in [4.78, 5) is 31.1. The zero-order valence-electron chi connectivity index (χ0n) is 15.8. The number of anilines is 1. The van der Waals surface area contributed by atoms with E-state index >= 15 is 0 Å². The van der Waals surface area contributed by atoms with Gasteiger partial charge in [-0.05, 0) is 51.6 Å². The average molecular weight is 388 g/mol. The second-order valence-corrected chi connectivity index (χ2v) is 8.22. The van der Waals surface area contributed by atoms with Gasteiger partial charge < -0.3 is 4.74 Å². The smallest absolute Gasteiger partial charge is 0.410 e. The van der Waals surface area contributed by atoms with E-state index in [1.807, 2.05) is 51.1 Å². The minimum atomic E-state index is -0.601. The van der Waals surface area contributed by atoms with E-state index < -0.39 is 17.7 Å². The number of likely N-dealkylation sites (tertiary alicyclic amines) is 1. The lowest BCUT2D eigenvalue weighted by Gasteiger charge is -2.35. The molecule has 3 rings (SSSR count). The Morgan fingerprint density at radius 2 is 1.96 bits per heavy atom. The average Bonchev–Trinajstić information content (AvgIpc) is 3.09. The lowest BCUT2D eigenvalue weighted by atomic mass is 10.0. The molecule has 7 nitrogen and oxygen atoms in total. The number of benzene rings is 1. The quantitative estimate of drug-likeness (QED) is 0.861. The van der Waals surface area contributed by atoms with Gasteiger partial charge in [-0.1, -0.05) is 30.3 Å². The van der Waals surface area contributed by atoms with Gasteiger partial charge in [0.15, 0.2) is 0 Å². The summed E-state index contributed by atoms with van der Waals surface area (Å²) in [6.45, 7) is 5.95. The normalized spacial score (nSPS) is 17.4. The van der Waals surface area contributed by atoms with E-state index in [1.54, 1.807) is 0 Å². The topological polar surface area (TPSA) is 84.4 Å². The van der Waals surface area contributed by atoms with Crippen molar-refractivity contribution in [2.45, 2.75) is 51.7 Å². The van der Waals surface area contributed by atoms with E-state index in [4.69, 9.17) is 4.74 Å². The van der Waals surface area contributed by atoms with Gasteiger partial charge in [0.05, 0.1) is 0 Å². The fourth-order valence-corrected chi connectivity index (χ4v) is 3.54. The van der Waals surface area contributed by atoms with Crippen molar-refractivity contribution < 1.29 is 14.3 Å². The number of nitrogens with one attached hydrogen (secondary N) is 1. The molecule has 1 fully saturated rings. The first kappa shape index (κ1) is 19.3. The molecule has 8 heteroatoms. The van der Waals surface area contributed by atoms with E-state index in [1.165, 1.54) is 16.4 Å². The number of rotatable bonds is 3. The van der Waals surface area contributed by atoms with E-state index in [-0.39, 0.29) is 11.9 Å². The molecule has 0 radical (unpaired) electrons. The summed E-state index contributed by atoms with van der Waals surface area (Å²) in [6, 6.07) is 9.10. The maximum Gasteiger partial charge on any atom is 0.410 e. The summed E-state index contributed by atoms with van der Waals surface area (Å²) in [5, 5.41) is 3.48. The Hall–Kier alpha value is -2.48. The lowest BCUT2D eigenvalue weighted by Crippen LogP contribution is -2.51. The molecule has 2 heterocycles. The van der Waals surface area contributed by atoms with Gasteiger partial charge in [0.2, 0.25) is 11.9 Å². The molecule has 0 bridgehead atoms. The SMILES string of the molecule is CC(C)(C)OC(=O)N1CCCCC1C(=O)Nc1nsc(-c2ccccc2)n1. The molecule has 1 aromatic heterocycles. The Balaban J connectivity index is 1.69. The monoisotopic (exact) mass is 388 g/mol. The number of hydrogen-bond acceptors (Lipinski definition) is 6. The van der Waals surface area contributed by atoms with Crippen molar-refractivity contribution in [3.05, 3.63) is 30.3 Å². The summed E-state index contributed by atoms with van der Waals surface area (Å²) < 4.78 is 9.67. The Bertz CT molecular complexity index is 801. The fraction of sp³-hybridized carbons (Fsp3) is 0.474. The maximum absolute atomic E-state index is 12.8. The number of carbonyl (C=O) groups is 2. The van der Waals surface area contributed by atoms with Gasteiger partial charge in [0, 0.05) is 12.1 Å². The molecule has 1 unspecified atom stereocenters. The number of nitrogens with zero attached hydrogens (tertiary/aromatic N) is 3. The Labute approximate surface area is 162 Å². The highest BCUT2D eigenvalue weighted by Gasteiger charge is 2.35. The molecule has 0 spiro atoms. The standard InChI is InChI=1S/C19H24N4O3S/c1-19(2,3)26-18(25)23-12-8-7-11-14(23)15(24)20-17-21-16(27-22-17)13-9-5-4-6-10-13/h4-6,9-10,14H,7-8,11-12H2,1-3H3,(H,20,22,24). The van der Waals surface area contributed by atoms with Crippen molar-refractivity contribution in [1.29, 1.82) is 0 Å². The first-order chi connectivity index (χ1) is 12.8. The first-order valence-electron chi connectivity index (χ1n) is 9.03. The van der Waals surface area contributed by atoms with Crippen molar-refractivity contribution in [1.82, 2.24) is 14.3 Å². The minimum absolute atomic E-state index is 0.263. The van der Waals surface area contributed by atoms with Crippen LogP contribution in [0.4, 0.5) is 10.7 Å². The number of piperidine rings is 1. The molecule has 2 amide bonds. The molecule has 1 atom stereocenters. The zero-order chi connectivity index (χ0) is 19.4. The fourth-order valence-electron chi connectivity index (χ4n) is 2.91. The van der Waals surface area contributed by atoms with Crippen LogP contribution in [-0.2, 0) is 9.53 Å². The molecule has 144 valence electrons. The molecule has 0 aliphatic carbocycles. The summed E-state index contributed by atoms with van der Waals surface area (Å²) in [5.74, 6) is -0.0171. The van der Waals surface area contributed by atoms with E-state index in [9.17, 15) is 9.59 Å². The highest BCUT2D eigenvalue weighted by molar-refractivity contribution is 7.09. The molecule has 1 aliphatic heterocycles. The van der Waals surface area contributed by atoms with Crippen LogP contribution in [0.15, 0.2) is 30.3 Å². The Morgan fingerprint density at radius 3 is 2.67 bits per heavy atom. The predicted molar refractivity (Wildman–Crippen MR) is 105 cm³/mol. The lowest BCUT2D eigenvalue weighted by molar-refractivity contribution is -0.122. The van der Waals surface area contributed by atoms with Crippen LogP contribution in [0.3, 0.4) is 0 Å². The number of hydrogen-bond donors (Lipinski definition) is 1. The molecule has 27 heavy (non-hydrogen) atoms. The molecule has 1 aromatic carbocycles. The van der Waals surface area contributed by atoms with Crippen molar-refractivity contribution in [3.8, 4) is 10.6 Å². The van der Waals surface area contributed by atoms with Crippen LogP contribution in [-0.4, -0.2) is 44.4 Å². The molecule has 1 N–H and O–H groups in total. The van der Waals surface area contributed by atoms with Crippen molar-refractivity contribution in [3.63, 3.8) is 0 Å². The Morgan fingerprint density at radius 1 is 1.22 bits per heavy atom.